The first-order valence-corrected chi connectivity index (χ1v) is 7.70. The van der Waals surface area contributed by atoms with Crippen molar-refractivity contribution < 1.29 is 4.57 Å². The first-order valence-electron chi connectivity index (χ1n) is 7.70. The first kappa shape index (κ1) is 15.8. The number of aryl methyl sites for hydroxylation is 5. The molecule has 0 N–H and O–H groups in total. The molecular formula is C20H28N+. The van der Waals surface area contributed by atoms with Crippen LogP contribution in [0.15, 0.2) is 24.4 Å². The molecule has 0 saturated heterocycles. The molecule has 0 spiro atoms. The number of benzene rings is 1. The third-order valence-electron chi connectivity index (χ3n) is 4.20. The molecule has 0 bridgehead atoms. The molecule has 0 amide bonds. The van der Waals surface area contributed by atoms with Gasteiger partial charge >= 0.3 is 0 Å². The largest absolute Gasteiger partial charge is 0.215 e. The third kappa shape index (κ3) is 3.02. The second-order valence-electron chi connectivity index (χ2n) is 7.39. The first-order chi connectivity index (χ1) is 9.61. The lowest BCUT2D eigenvalue weighted by Crippen LogP contribution is -2.32. The van der Waals surface area contributed by atoms with Crippen molar-refractivity contribution in [3.8, 4) is 11.3 Å². The summed E-state index contributed by atoms with van der Waals surface area (Å²) in [5.41, 5.74) is 9.66. The van der Waals surface area contributed by atoms with Crippen LogP contribution in [0.4, 0.5) is 0 Å². The zero-order valence-electron chi connectivity index (χ0n) is 14.8. The summed E-state index contributed by atoms with van der Waals surface area (Å²) in [5, 5.41) is 0. The van der Waals surface area contributed by atoms with Gasteiger partial charge in [-0.15, -0.1) is 0 Å². The Morgan fingerprint density at radius 3 is 1.95 bits per heavy atom. The van der Waals surface area contributed by atoms with Crippen LogP contribution in [0.25, 0.3) is 11.3 Å². The number of rotatable bonds is 1. The fourth-order valence-electron chi connectivity index (χ4n) is 3.41. The van der Waals surface area contributed by atoms with Gasteiger partial charge in [-0.25, -0.2) is 4.57 Å². The molecule has 1 nitrogen and oxygen atoms in total. The van der Waals surface area contributed by atoms with Crippen molar-refractivity contribution >= 4 is 0 Å². The molecule has 1 heteroatoms. The Bertz CT molecular complexity index is 665. The van der Waals surface area contributed by atoms with E-state index in [1.807, 2.05) is 0 Å². The van der Waals surface area contributed by atoms with Crippen LogP contribution in [0.3, 0.4) is 0 Å². The Balaban J connectivity index is 2.76. The van der Waals surface area contributed by atoms with Crippen LogP contribution in [-0.2, 0) is 12.5 Å². The molecule has 0 fully saturated rings. The van der Waals surface area contributed by atoms with Gasteiger partial charge in [0.1, 0.15) is 7.05 Å². The quantitative estimate of drug-likeness (QED) is 0.667. The smallest absolute Gasteiger partial charge is 0.201 e. The van der Waals surface area contributed by atoms with E-state index in [2.05, 4.69) is 84.5 Å². The van der Waals surface area contributed by atoms with Crippen molar-refractivity contribution in [3.05, 3.63) is 52.2 Å². The second kappa shape index (κ2) is 5.29. The summed E-state index contributed by atoms with van der Waals surface area (Å²) in [6.45, 7) is 15.7. The molecule has 1 heterocycles. The lowest BCUT2D eigenvalue weighted by molar-refractivity contribution is -0.661. The predicted molar refractivity (Wildman–Crippen MR) is 90.7 cm³/mol. The van der Waals surface area contributed by atoms with E-state index in [-0.39, 0.29) is 5.41 Å². The van der Waals surface area contributed by atoms with Crippen molar-refractivity contribution in [2.45, 2.75) is 53.9 Å². The van der Waals surface area contributed by atoms with Crippen LogP contribution in [-0.4, -0.2) is 0 Å². The highest BCUT2D eigenvalue weighted by molar-refractivity contribution is 5.66. The van der Waals surface area contributed by atoms with Gasteiger partial charge in [0.05, 0.1) is 0 Å². The molecule has 0 atom stereocenters. The molecule has 0 aliphatic heterocycles. The van der Waals surface area contributed by atoms with Crippen molar-refractivity contribution in [2.75, 3.05) is 0 Å². The van der Waals surface area contributed by atoms with E-state index in [0.29, 0.717) is 0 Å². The van der Waals surface area contributed by atoms with Gasteiger partial charge < -0.3 is 0 Å². The van der Waals surface area contributed by atoms with E-state index in [4.69, 9.17) is 0 Å². The summed E-state index contributed by atoms with van der Waals surface area (Å²) >= 11 is 0. The summed E-state index contributed by atoms with van der Waals surface area (Å²) in [4.78, 5) is 0. The van der Waals surface area contributed by atoms with Gasteiger partial charge in [0.15, 0.2) is 6.20 Å². The van der Waals surface area contributed by atoms with E-state index in [0.717, 1.165) is 0 Å². The molecular weight excluding hydrogens is 254 g/mol. The van der Waals surface area contributed by atoms with Crippen LogP contribution in [0.2, 0.25) is 0 Å². The number of hydrogen-bond donors (Lipinski definition) is 0. The molecule has 2 rings (SSSR count). The normalized spacial score (nSPS) is 11.8. The zero-order valence-corrected chi connectivity index (χ0v) is 14.8. The fraction of sp³-hybridized carbons (Fsp3) is 0.450. The maximum atomic E-state index is 2.39. The van der Waals surface area contributed by atoms with Gasteiger partial charge in [-0.2, -0.15) is 0 Å². The summed E-state index contributed by atoms with van der Waals surface area (Å²) in [6, 6.07) is 6.99. The number of hydrogen-bond acceptors (Lipinski definition) is 0. The van der Waals surface area contributed by atoms with Gasteiger partial charge in [0.25, 0.3) is 0 Å². The SMILES string of the molecule is Cc1cc(C)c(-c2cc(C(C)(C)C)c(C)cc2C)[n+](C)c1. The minimum Gasteiger partial charge on any atom is -0.201 e. The standard InChI is InChI=1S/C20H28N/c1-13-9-16(4)19(21(8)12-13)17-11-18(20(5,6)7)15(3)10-14(17)2/h9-12H,1-8H3/q+1. The predicted octanol–water partition coefficient (Wildman–Crippen LogP) is 4.71. The summed E-state index contributed by atoms with van der Waals surface area (Å²) in [5.74, 6) is 0. The van der Waals surface area contributed by atoms with Gasteiger partial charge in [-0.05, 0) is 61.9 Å². The Morgan fingerprint density at radius 2 is 1.43 bits per heavy atom. The summed E-state index contributed by atoms with van der Waals surface area (Å²) in [7, 11) is 2.14. The maximum Gasteiger partial charge on any atom is 0.215 e. The van der Waals surface area contributed by atoms with E-state index >= 15 is 0 Å². The van der Waals surface area contributed by atoms with E-state index in [9.17, 15) is 0 Å². The highest BCUT2D eigenvalue weighted by Crippen LogP contribution is 2.32. The van der Waals surface area contributed by atoms with Crippen LogP contribution >= 0.6 is 0 Å². The van der Waals surface area contributed by atoms with E-state index < -0.39 is 0 Å². The zero-order chi connectivity index (χ0) is 15.9. The monoisotopic (exact) mass is 282 g/mol. The highest BCUT2D eigenvalue weighted by Gasteiger charge is 2.22. The fourth-order valence-corrected chi connectivity index (χ4v) is 3.41. The Hall–Kier alpha value is -1.63. The molecule has 0 aliphatic rings. The molecule has 21 heavy (non-hydrogen) atoms. The lowest BCUT2D eigenvalue weighted by atomic mass is 9.81. The minimum atomic E-state index is 0.170. The second-order valence-corrected chi connectivity index (χ2v) is 7.39. The molecule has 1 aromatic carbocycles. The maximum absolute atomic E-state index is 2.39. The van der Waals surface area contributed by atoms with Crippen LogP contribution in [0.1, 0.15) is 48.6 Å². The van der Waals surface area contributed by atoms with Crippen LogP contribution in [0, 0.1) is 27.7 Å². The molecule has 1 aromatic heterocycles. The van der Waals surface area contributed by atoms with Gasteiger partial charge in [-0.3, -0.25) is 0 Å². The van der Waals surface area contributed by atoms with E-state index in [1.54, 1.807) is 0 Å². The Kier molecular flexibility index (Phi) is 3.97. The summed E-state index contributed by atoms with van der Waals surface area (Å²) in [6.07, 6.45) is 2.21. The Morgan fingerprint density at radius 1 is 0.810 bits per heavy atom. The van der Waals surface area contributed by atoms with Crippen LogP contribution in [0.5, 0.6) is 0 Å². The Labute approximate surface area is 129 Å². The average Bonchev–Trinajstić information content (AvgIpc) is 2.28. The lowest BCUT2D eigenvalue weighted by Gasteiger charge is -2.23. The van der Waals surface area contributed by atoms with Crippen molar-refractivity contribution in [1.82, 2.24) is 0 Å². The van der Waals surface area contributed by atoms with Crippen molar-refractivity contribution in [3.63, 3.8) is 0 Å². The highest BCUT2D eigenvalue weighted by atomic mass is 14.9. The number of aromatic nitrogens is 1. The van der Waals surface area contributed by atoms with Gasteiger partial charge in [0, 0.05) is 16.7 Å². The van der Waals surface area contributed by atoms with Crippen molar-refractivity contribution in [2.24, 2.45) is 7.05 Å². The molecule has 2 aromatic rings. The molecule has 112 valence electrons. The molecule has 0 aliphatic carbocycles. The molecule has 0 unspecified atom stereocenters. The average molecular weight is 282 g/mol. The summed E-state index contributed by atoms with van der Waals surface area (Å²) < 4.78 is 2.26. The minimum absolute atomic E-state index is 0.170. The molecule has 0 radical (unpaired) electrons. The van der Waals surface area contributed by atoms with Crippen LogP contribution < -0.4 is 4.57 Å². The number of pyridine rings is 1. The number of nitrogens with zero attached hydrogens (tertiary/aromatic N) is 1. The van der Waals surface area contributed by atoms with Gasteiger partial charge in [0.2, 0.25) is 5.69 Å². The van der Waals surface area contributed by atoms with Crippen molar-refractivity contribution in [1.29, 1.82) is 0 Å². The van der Waals surface area contributed by atoms with Gasteiger partial charge in [-0.1, -0.05) is 26.8 Å². The third-order valence-corrected chi connectivity index (χ3v) is 4.20. The van der Waals surface area contributed by atoms with E-state index in [1.165, 1.54) is 39.1 Å². The molecule has 0 saturated carbocycles. The topological polar surface area (TPSA) is 3.88 Å².